The van der Waals surface area contributed by atoms with Crippen molar-refractivity contribution in [1.29, 1.82) is 0 Å². The van der Waals surface area contributed by atoms with Crippen LogP contribution in [0, 0.1) is 47.3 Å². The maximum Gasteiger partial charge on any atom is 0.0782 e. The number of aromatic nitrogens is 2. The molecule has 0 atom stereocenters. The maximum absolute atomic E-state index is 2.55. The molecule has 0 amide bonds. The predicted molar refractivity (Wildman–Crippen MR) is 601 cm³/mol. The Morgan fingerprint density at radius 2 is 0.451 bits per heavy atom. The van der Waals surface area contributed by atoms with Gasteiger partial charge in [-0.2, -0.15) is 0 Å². The zero-order valence-corrected chi connectivity index (χ0v) is 80.7. The predicted octanol–water partition coefficient (Wildman–Crippen LogP) is 37.3. The first-order chi connectivity index (χ1) is 71.3. The molecule has 20 aromatic carbocycles. The molecule has 0 saturated heterocycles. The number of anilines is 6. The van der Waals surface area contributed by atoms with E-state index in [0.717, 1.165) is 92.8 Å². The van der Waals surface area contributed by atoms with Crippen LogP contribution >= 0.6 is 0 Å². The molecule has 0 radical (unpaired) electrons. The van der Waals surface area contributed by atoms with Crippen molar-refractivity contribution in [1.82, 2.24) is 9.13 Å². The van der Waals surface area contributed by atoms with Gasteiger partial charge in [0.25, 0.3) is 0 Å². The van der Waals surface area contributed by atoms with Gasteiger partial charge >= 0.3 is 0 Å². The third kappa shape index (κ3) is 13.7. The second-order valence-corrected chi connectivity index (χ2v) is 42.6. The van der Waals surface area contributed by atoms with E-state index in [4.69, 9.17) is 0 Å². The SMILES string of the molecule is c1ccc(-c2ccc(N(c3ccc(-c4ccc(-c5ccc(-c6ccc7c(c6)-c6ccccc6C76C7CC8CC(C7)CC6C8)cc5)cc4)cc3)c3cccc4c5ccccc5n(-c5ccccc5)c34)cc2)cc1.c1ccc(-c2ccc(N(c3ccc(-c4ccc(-c5cccc(-c6ccc7c(c6)-c6ccccc6C76C7CC8CC(C7)CC6C8)c5)cc4)cc3)c3ccc4c(c3)c3ccccc3n4-c3ccccc3)cc2)cc1. The van der Waals surface area contributed by atoms with Gasteiger partial charge in [0.15, 0.2) is 0 Å². The Morgan fingerprint density at radius 3 is 0.882 bits per heavy atom. The minimum absolute atomic E-state index is 0.206. The average molecular weight is 1850 g/mol. The molecule has 2 aromatic heterocycles. The highest BCUT2D eigenvalue weighted by Gasteiger charge is 2.63. The van der Waals surface area contributed by atoms with Crippen molar-refractivity contribution in [3.63, 3.8) is 0 Å². The molecule has 4 nitrogen and oxygen atoms in total. The largest absolute Gasteiger partial charge is 0.310 e. The maximum atomic E-state index is 2.55. The van der Waals surface area contributed by atoms with Gasteiger partial charge in [-0.1, -0.05) is 358 Å². The van der Waals surface area contributed by atoms with E-state index in [2.05, 4.69) is 504 Å². The van der Waals surface area contributed by atoms with Crippen LogP contribution in [0.25, 0.3) is 166 Å². The lowest BCUT2D eigenvalue weighted by Crippen LogP contribution is -2.55. The Kier molecular flexibility index (Phi) is 20.1. The van der Waals surface area contributed by atoms with Crippen LogP contribution < -0.4 is 9.80 Å². The molecule has 0 aliphatic heterocycles. The molecule has 144 heavy (non-hydrogen) atoms. The fraction of sp³-hybridized carbons (Fsp3) is 0.143. The Hall–Kier alpha value is -16.4. The average Bonchev–Trinajstić information content (AvgIpc) is 1.51. The third-order valence-electron chi connectivity index (χ3n) is 35.2. The lowest BCUT2D eigenvalue weighted by Gasteiger charge is -2.61. The van der Waals surface area contributed by atoms with Gasteiger partial charge in [-0.25, -0.2) is 0 Å². The van der Waals surface area contributed by atoms with Gasteiger partial charge in [0.05, 0.1) is 27.8 Å². The van der Waals surface area contributed by atoms with Gasteiger partial charge < -0.3 is 18.9 Å². The summed E-state index contributed by atoms with van der Waals surface area (Å²) < 4.78 is 4.81. The van der Waals surface area contributed by atoms with Gasteiger partial charge in [0.2, 0.25) is 0 Å². The summed E-state index contributed by atoms with van der Waals surface area (Å²) >= 11 is 0. The molecular weight excluding hydrogens is 1740 g/mol. The highest BCUT2D eigenvalue weighted by atomic mass is 15.2. The van der Waals surface area contributed by atoms with E-state index in [1.54, 1.807) is 22.3 Å². The van der Waals surface area contributed by atoms with E-state index < -0.39 is 0 Å². The Bertz CT molecular complexity index is 8640. The van der Waals surface area contributed by atoms with E-state index >= 15 is 0 Å². The summed E-state index contributed by atoms with van der Waals surface area (Å²) in [6.07, 6.45) is 14.3. The zero-order chi connectivity index (χ0) is 94.7. The molecule has 2 heterocycles. The first-order valence-corrected chi connectivity index (χ1v) is 52.5. The molecule has 0 unspecified atom stereocenters. The molecule has 22 aromatic rings. The summed E-state index contributed by atoms with van der Waals surface area (Å²) in [4.78, 5) is 4.82. The molecule has 32 rings (SSSR count). The van der Waals surface area contributed by atoms with Crippen LogP contribution in [0.4, 0.5) is 34.1 Å². The number of fused-ring (bicyclic) bond motifs is 12. The van der Waals surface area contributed by atoms with Crippen molar-refractivity contribution in [3.05, 3.63) is 508 Å². The van der Waals surface area contributed by atoms with Gasteiger partial charge in [-0.3, -0.25) is 0 Å². The van der Waals surface area contributed by atoms with Crippen LogP contribution in [0.3, 0.4) is 0 Å². The van der Waals surface area contributed by atoms with Crippen molar-refractivity contribution in [3.8, 4) is 123 Å². The van der Waals surface area contributed by atoms with Crippen LogP contribution in [0.15, 0.2) is 485 Å². The van der Waals surface area contributed by atoms with Crippen molar-refractivity contribution >= 4 is 77.7 Å². The number of nitrogens with zero attached hydrogens (tertiary/aromatic N) is 4. The topological polar surface area (TPSA) is 16.3 Å². The molecule has 10 aliphatic carbocycles. The Morgan fingerprint density at radius 1 is 0.174 bits per heavy atom. The minimum atomic E-state index is 0.206. The number of benzene rings is 20. The first-order valence-electron chi connectivity index (χ1n) is 52.5. The monoisotopic (exact) mass is 1840 g/mol. The van der Waals surface area contributed by atoms with E-state index in [1.165, 1.54) is 219 Å². The van der Waals surface area contributed by atoms with Gasteiger partial charge in [0.1, 0.15) is 0 Å². The second-order valence-electron chi connectivity index (χ2n) is 42.6. The summed E-state index contributed by atoms with van der Waals surface area (Å²) in [7, 11) is 0. The van der Waals surface area contributed by atoms with Crippen molar-refractivity contribution in [2.45, 2.75) is 75.0 Å². The molecule has 0 N–H and O–H groups in total. The molecule has 8 fully saturated rings. The fourth-order valence-electron chi connectivity index (χ4n) is 29.4. The van der Waals surface area contributed by atoms with Crippen LogP contribution in [-0.4, -0.2) is 9.13 Å². The van der Waals surface area contributed by atoms with Crippen molar-refractivity contribution in [2.75, 3.05) is 9.80 Å². The summed E-state index contributed by atoms with van der Waals surface area (Å²) in [5.74, 6) is 6.96. The molecule has 2 spiro atoms. The van der Waals surface area contributed by atoms with Crippen LogP contribution in [0.1, 0.15) is 86.5 Å². The van der Waals surface area contributed by atoms with E-state index in [9.17, 15) is 0 Å². The van der Waals surface area contributed by atoms with Crippen LogP contribution in [0.2, 0.25) is 0 Å². The molecule has 688 valence electrons. The Labute approximate surface area is 843 Å². The number of para-hydroxylation sites is 5. The fourth-order valence-corrected chi connectivity index (χ4v) is 29.4. The highest BCUT2D eigenvalue weighted by molar-refractivity contribution is 6.15. The number of hydrogen-bond acceptors (Lipinski definition) is 2. The number of hydrogen-bond donors (Lipinski definition) is 0. The lowest BCUT2D eigenvalue weighted by molar-refractivity contribution is -0.0399. The van der Waals surface area contributed by atoms with Gasteiger partial charge in [-0.05, 0) is 372 Å². The number of rotatable bonds is 16. The second kappa shape index (κ2) is 34.2. The highest BCUT2D eigenvalue weighted by Crippen LogP contribution is 2.72. The molecular formula is C140H108N4. The first kappa shape index (κ1) is 84.5. The standard InChI is InChI=1S/2C70H54N2/c1-3-12-48(13-4-1)50-26-31-59(32-27-50)71(61-35-37-69-65(45-61)63-19-8-10-21-68(63)72(69)58-16-5-2-6-17-58)60-33-28-51(29-34-60)49-22-24-52(25-23-49)53-14-11-15-54(43-53)55-30-36-67-64(44-55)62-18-7-9-20-66(62)70(67)56-39-46-38-47(41-56)42-57(70)40-46;1-3-12-48(13-4-1)52-30-35-59(36-31-52)71(68-21-11-18-63-62-17-8-10-20-67(62)72(69(63)68)58-14-5-2-6-15-58)60-37-32-53(33-38-60)51-24-22-49(23-25-51)50-26-28-54(29-27-50)55-34-39-66-64(45-55)61-16-7-9-19-65(61)70(66)56-41-46-40-47(43-56)44-57(70)42-46/h1-37,43-47,56-57H,38-42H2;1-39,45-47,56-57H,40-44H2. The summed E-state index contributed by atoms with van der Waals surface area (Å²) in [6.45, 7) is 0. The molecule has 10 aliphatic rings. The smallest absolute Gasteiger partial charge is 0.0782 e. The normalized spacial score (nSPS) is 20.3. The van der Waals surface area contributed by atoms with Gasteiger partial charge in [0, 0.05) is 72.2 Å². The van der Waals surface area contributed by atoms with Crippen molar-refractivity contribution in [2.24, 2.45) is 47.3 Å². The molecule has 4 heteroatoms. The van der Waals surface area contributed by atoms with E-state index in [1.807, 2.05) is 0 Å². The quantitative estimate of drug-likeness (QED) is 0.0959. The zero-order valence-electron chi connectivity index (χ0n) is 80.7. The van der Waals surface area contributed by atoms with Gasteiger partial charge in [-0.15, -0.1) is 0 Å². The lowest BCUT2D eigenvalue weighted by atomic mass is 9.43. The van der Waals surface area contributed by atoms with Crippen LogP contribution in [-0.2, 0) is 10.8 Å². The van der Waals surface area contributed by atoms with E-state index in [-0.39, 0.29) is 10.8 Å². The summed E-state index contributed by atoms with van der Waals surface area (Å²) in [6, 6.07) is 181. The summed E-state index contributed by atoms with van der Waals surface area (Å²) in [5, 5.41) is 4.93. The molecule has 8 bridgehead atoms. The Balaban J connectivity index is 0.000000137. The van der Waals surface area contributed by atoms with Crippen LogP contribution in [0.5, 0.6) is 0 Å². The van der Waals surface area contributed by atoms with Crippen molar-refractivity contribution < 1.29 is 0 Å². The minimum Gasteiger partial charge on any atom is -0.310 e. The van der Waals surface area contributed by atoms with E-state index in [0.29, 0.717) is 0 Å². The molecule has 8 saturated carbocycles. The third-order valence-corrected chi connectivity index (χ3v) is 35.2. The summed E-state index contributed by atoms with van der Waals surface area (Å²) in [5.41, 5.74) is 46.2.